The van der Waals surface area contributed by atoms with Gasteiger partial charge in [0.05, 0.1) is 6.61 Å². The second-order valence-electron chi connectivity index (χ2n) is 7.88. The van der Waals surface area contributed by atoms with Gasteiger partial charge in [0.2, 0.25) is 5.91 Å². The van der Waals surface area contributed by atoms with Gasteiger partial charge >= 0.3 is 5.97 Å². The minimum atomic E-state index is -0.648. The predicted molar refractivity (Wildman–Crippen MR) is 99.5 cm³/mol. The molecule has 4 atom stereocenters. The maximum Gasteiger partial charge on any atom is 0.328 e. The van der Waals surface area contributed by atoms with Crippen LogP contribution in [0.2, 0.25) is 0 Å². The molecule has 2 N–H and O–H groups in total. The lowest BCUT2D eigenvalue weighted by Crippen LogP contribution is -2.43. The van der Waals surface area contributed by atoms with Crippen LogP contribution in [0, 0.1) is 17.8 Å². The van der Waals surface area contributed by atoms with Gasteiger partial charge in [0.1, 0.15) is 6.04 Å². The molecule has 0 saturated heterocycles. The number of hydrogen-bond donors (Lipinski definition) is 2. The fourth-order valence-electron chi connectivity index (χ4n) is 4.83. The summed E-state index contributed by atoms with van der Waals surface area (Å²) in [5.41, 5.74) is 2.04. The Kier molecular flexibility index (Phi) is 4.70. The average molecular weight is 354 g/mol. The zero-order valence-electron chi connectivity index (χ0n) is 15.2. The number of rotatable bonds is 6. The van der Waals surface area contributed by atoms with E-state index in [1.165, 1.54) is 32.6 Å². The fourth-order valence-corrected chi connectivity index (χ4v) is 4.83. The van der Waals surface area contributed by atoms with Crippen LogP contribution in [0.15, 0.2) is 30.5 Å². The number of para-hydroxylation sites is 1. The average Bonchev–Trinajstić information content (AvgIpc) is 3.34. The van der Waals surface area contributed by atoms with Crippen molar-refractivity contribution in [2.75, 3.05) is 6.61 Å². The summed E-state index contributed by atoms with van der Waals surface area (Å²) in [6.07, 6.45) is 7.43. The highest BCUT2D eigenvalue weighted by Gasteiger charge is 2.40. The molecular weight excluding hydrogens is 328 g/mol. The van der Waals surface area contributed by atoms with Crippen LogP contribution in [-0.4, -0.2) is 29.5 Å². The summed E-state index contributed by atoms with van der Waals surface area (Å²) in [5, 5.41) is 3.84. The van der Waals surface area contributed by atoms with E-state index in [-0.39, 0.29) is 11.9 Å². The highest BCUT2D eigenvalue weighted by molar-refractivity contribution is 5.86. The molecular formula is C21H26N2O3. The smallest absolute Gasteiger partial charge is 0.328 e. The summed E-state index contributed by atoms with van der Waals surface area (Å²) in [6.45, 7) is 1.93. The van der Waals surface area contributed by atoms with Crippen LogP contribution in [0.4, 0.5) is 0 Å². The lowest BCUT2D eigenvalue weighted by atomic mass is 9.89. The van der Waals surface area contributed by atoms with Crippen LogP contribution in [-0.2, 0) is 20.7 Å². The van der Waals surface area contributed by atoms with Crippen LogP contribution in [0.3, 0.4) is 0 Å². The second-order valence-corrected chi connectivity index (χ2v) is 7.88. The molecule has 2 bridgehead atoms. The summed E-state index contributed by atoms with van der Waals surface area (Å²) in [5.74, 6) is 1.52. The van der Waals surface area contributed by atoms with Gasteiger partial charge in [-0.05, 0) is 48.6 Å². The standard InChI is InChI=1S/C21H26N2O3/c1-13(24)23-20(10-16-11-22-19-5-3-2-4-18(16)19)21(25)26-12-17-9-14-6-7-15(17)8-14/h2-5,11,14-15,17,20,22H,6-10,12H2,1H3,(H,23,24). The van der Waals surface area contributed by atoms with Crippen molar-refractivity contribution in [3.63, 3.8) is 0 Å². The molecule has 1 heterocycles. The molecule has 26 heavy (non-hydrogen) atoms. The molecule has 5 heteroatoms. The maximum absolute atomic E-state index is 12.7. The van der Waals surface area contributed by atoms with Crippen LogP contribution < -0.4 is 5.32 Å². The lowest BCUT2D eigenvalue weighted by molar-refractivity contribution is -0.149. The minimum Gasteiger partial charge on any atom is -0.464 e. The Morgan fingerprint density at radius 1 is 1.27 bits per heavy atom. The number of aromatic amines is 1. The molecule has 2 saturated carbocycles. The van der Waals surface area contributed by atoms with Gasteiger partial charge in [0.15, 0.2) is 0 Å². The Hall–Kier alpha value is -2.30. The van der Waals surface area contributed by atoms with Gasteiger partial charge in [-0.1, -0.05) is 24.6 Å². The van der Waals surface area contributed by atoms with E-state index >= 15 is 0 Å². The quantitative estimate of drug-likeness (QED) is 0.783. The van der Waals surface area contributed by atoms with Crippen LogP contribution >= 0.6 is 0 Å². The fraction of sp³-hybridized carbons (Fsp3) is 0.524. The normalized spacial score (nSPS) is 25.3. The van der Waals surface area contributed by atoms with E-state index in [2.05, 4.69) is 10.3 Å². The first kappa shape index (κ1) is 17.1. The SMILES string of the molecule is CC(=O)NC(Cc1c[nH]c2ccccc12)C(=O)OCC1CC2CCC1C2. The summed E-state index contributed by atoms with van der Waals surface area (Å²) in [4.78, 5) is 27.5. The van der Waals surface area contributed by atoms with E-state index in [1.54, 1.807) is 0 Å². The minimum absolute atomic E-state index is 0.216. The van der Waals surface area contributed by atoms with E-state index in [4.69, 9.17) is 4.74 Å². The summed E-state index contributed by atoms with van der Waals surface area (Å²) >= 11 is 0. The largest absolute Gasteiger partial charge is 0.464 e. The number of benzene rings is 1. The van der Waals surface area contributed by atoms with Gasteiger partial charge in [0.25, 0.3) is 0 Å². The number of esters is 1. The molecule has 1 aromatic heterocycles. The number of H-pyrrole nitrogens is 1. The Balaban J connectivity index is 1.42. The molecule has 2 fully saturated rings. The molecule has 2 aliphatic carbocycles. The van der Waals surface area contributed by atoms with Gasteiger partial charge in [0, 0.05) is 30.4 Å². The van der Waals surface area contributed by atoms with E-state index in [0.29, 0.717) is 18.9 Å². The van der Waals surface area contributed by atoms with E-state index < -0.39 is 6.04 Å². The zero-order chi connectivity index (χ0) is 18.1. The molecule has 1 aromatic carbocycles. The third kappa shape index (κ3) is 3.48. The van der Waals surface area contributed by atoms with Crippen molar-refractivity contribution in [3.05, 3.63) is 36.0 Å². The number of fused-ring (bicyclic) bond motifs is 3. The third-order valence-electron chi connectivity index (χ3n) is 6.09. The Morgan fingerprint density at radius 3 is 2.85 bits per heavy atom. The van der Waals surface area contributed by atoms with Crippen molar-refractivity contribution < 1.29 is 14.3 Å². The van der Waals surface area contributed by atoms with Crippen molar-refractivity contribution >= 4 is 22.8 Å². The third-order valence-corrected chi connectivity index (χ3v) is 6.09. The summed E-state index contributed by atoms with van der Waals surface area (Å²) < 4.78 is 5.64. The number of amides is 1. The molecule has 0 spiro atoms. The zero-order valence-corrected chi connectivity index (χ0v) is 15.2. The van der Waals surface area contributed by atoms with Crippen LogP contribution in [0.1, 0.15) is 38.2 Å². The Bertz CT molecular complexity index is 812. The summed E-state index contributed by atoms with van der Waals surface area (Å²) in [7, 11) is 0. The molecule has 2 aromatic rings. The van der Waals surface area contributed by atoms with Gasteiger partial charge in [-0.25, -0.2) is 4.79 Å². The van der Waals surface area contributed by atoms with E-state index in [1.807, 2.05) is 30.5 Å². The van der Waals surface area contributed by atoms with E-state index in [0.717, 1.165) is 28.3 Å². The van der Waals surface area contributed by atoms with Crippen molar-refractivity contribution in [2.45, 2.75) is 45.1 Å². The van der Waals surface area contributed by atoms with Gasteiger partial charge in [-0.3, -0.25) is 4.79 Å². The first-order chi connectivity index (χ1) is 12.6. The number of carbonyl (C=O) groups excluding carboxylic acids is 2. The Labute approximate surface area is 153 Å². The van der Waals surface area contributed by atoms with Gasteiger partial charge < -0.3 is 15.0 Å². The molecule has 4 unspecified atom stereocenters. The van der Waals surface area contributed by atoms with Gasteiger partial charge in [-0.15, -0.1) is 0 Å². The highest BCUT2D eigenvalue weighted by atomic mass is 16.5. The van der Waals surface area contributed by atoms with Crippen LogP contribution in [0.25, 0.3) is 10.9 Å². The lowest BCUT2D eigenvalue weighted by Gasteiger charge is -2.23. The number of hydrogen-bond acceptors (Lipinski definition) is 3. The van der Waals surface area contributed by atoms with Crippen molar-refractivity contribution in [1.29, 1.82) is 0 Å². The molecule has 138 valence electrons. The van der Waals surface area contributed by atoms with Crippen molar-refractivity contribution in [2.24, 2.45) is 17.8 Å². The second kappa shape index (κ2) is 7.14. The molecule has 5 nitrogen and oxygen atoms in total. The molecule has 2 aliphatic rings. The number of carbonyl (C=O) groups is 2. The number of ether oxygens (including phenoxy) is 1. The van der Waals surface area contributed by atoms with Crippen molar-refractivity contribution in [1.82, 2.24) is 10.3 Å². The maximum atomic E-state index is 12.7. The molecule has 4 rings (SSSR count). The van der Waals surface area contributed by atoms with Crippen molar-refractivity contribution in [3.8, 4) is 0 Å². The summed E-state index contributed by atoms with van der Waals surface area (Å²) in [6, 6.07) is 7.31. The van der Waals surface area contributed by atoms with Crippen LogP contribution in [0.5, 0.6) is 0 Å². The molecule has 1 amide bonds. The van der Waals surface area contributed by atoms with E-state index in [9.17, 15) is 9.59 Å². The predicted octanol–water partition coefficient (Wildman–Crippen LogP) is 3.19. The highest BCUT2D eigenvalue weighted by Crippen LogP contribution is 2.48. The van der Waals surface area contributed by atoms with Gasteiger partial charge in [-0.2, -0.15) is 0 Å². The topological polar surface area (TPSA) is 71.2 Å². The Morgan fingerprint density at radius 2 is 2.12 bits per heavy atom. The first-order valence-corrected chi connectivity index (χ1v) is 9.59. The molecule has 0 aliphatic heterocycles. The first-order valence-electron chi connectivity index (χ1n) is 9.59. The monoisotopic (exact) mass is 354 g/mol. The molecule has 0 radical (unpaired) electrons. The number of aromatic nitrogens is 1. The number of nitrogens with one attached hydrogen (secondary N) is 2.